The molecule has 0 aliphatic rings. The van der Waals surface area contributed by atoms with E-state index in [-0.39, 0.29) is 10.7 Å². The molecule has 0 atom stereocenters. The second-order valence-electron chi connectivity index (χ2n) is 4.33. The van der Waals surface area contributed by atoms with Gasteiger partial charge >= 0.3 is 0 Å². The van der Waals surface area contributed by atoms with Gasteiger partial charge in [0.25, 0.3) is 5.24 Å². The van der Waals surface area contributed by atoms with Gasteiger partial charge in [-0.15, -0.1) is 0 Å². The number of carbonyl (C=O) groups excluding carboxylic acids is 1. The lowest BCUT2D eigenvalue weighted by molar-refractivity contribution is 0.258. The Hall–Kier alpha value is -0.440. The minimum Gasteiger partial charge on any atom is -0.347 e. The molecule has 0 spiro atoms. The Morgan fingerprint density at radius 3 is 2.38 bits per heavy atom. The molecule has 0 rings (SSSR count). The van der Waals surface area contributed by atoms with E-state index in [2.05, 4.69) is 32.7 Å². The number of rotatable bonds is 3. The molecule has 76 valence electrons. The van der Waals surface area contributed by atoms with E-state index in [0.717, 1.165) is 29.6 Å². The second-order valence-corrected chi connectivity index (χ2v) is 5.60. The van der Waals surface area contributed by atoms with Crippen LogP contribution in [0.15, 0.2) is 11.5 Å². The van der Waals surface area contributed by atoms with E-state index < -0.39 is 0 Å². The summed E-state index contributed by atoms with van der Waals surface area (Å²) in [6.45, 7) is 12.7. The minimum absolute atomic E-state index is 0.00301. The largest absolute Gasteiger partial charge is 0.347 e. The highest BCUT2D eigenvalue weighted by Gasteiger charge is 2.10. The third-order valence-electron chi connectivity index (χ3n) is 1.41. The molecule has 0 saturated heterocycles. The first-order valence-electron chi connectivity index (χ1n) is 4.42. The van der Waals surface area contributed by atoms with Gasteiger partial charge in [-0.3, -0.25) is 4.79 Å². The van der Waals surface area contributed by atoms with Gasteiger partial charge in [-0.2, -0.15) is 0 Å². The summed E-state index contributed by atoms with van der Waals surface area (Å²) < 4.78 is 0. The highest BCUT2D eigenvalue weighted by atomic mass is 32.2. The zero-order valence-electron chi connectivity index (χ0n) is 8.94. The van der Waals surface area contributed by atoms with Crippen molar-refractivity contribution in [3.8, 4) is 0 Å². The van der Waals surface area contributed by atoms with Gasteiger partial charge in [0, 0.05) is 6.54 Å². The van der Waals surface area contributed by atoms with Crippen LogP contribution in [-0.4, -0.2) is 11.8 Å². The monoisotopic (exact) mass is 201 g/mol. The smallest absolute Gasteiger partial charge is 0.283 e. The van der Waals surface area contributed by atoms with Crippen LogP contribution in [-0.2, 0) is 0 Å². The van der Waals surface area contributed by atoms with Crippen LogP contribution in [0.25, 0.3) is 0 Å². The fourth-order valence-electron chi connectivity index (χ4n) is 0.734. The maximum absolute atomic E-state index is 11.1. The summed E-state index contributed by atoms with van der Waals surface area (Å²) >= 11 is 1.16. The highest BCUT2D eigenvalue weighted by Crippen LogP contribution is 2.18. The van der Waals surface area contributed by atoms with Crippen molar-refractivity contribution in [2.75, 3.05) is 6.54 Å². The molecule has 1 N–H and O–H groups in total. The van der Waals surface area contributed by atoms with Crippen LogP contribution in [0.4, 0.5) is 4.79 Å². The predicted molar refractivity (Wildman–Crippen MR) is 59.9 cm³/mol. The fraction of sp³-hybridized carbons (Fsp3) is 0.700. The average molecular weight is 201 g/mol. The Balaban J connectivity index is 3.54. The number of carbonyl (C=O) groups is 1. The number of hydrogen-bond acceptors (Lipinski definition) is 2. The highest BCUT2D eigenvalue weighted by molar-refractivity contribution is 8.16. The number of hydrogen-bond donors (Lipinski definition) is 1. The second kappa shape index (κ2) is 5.32. The quantitative estimate of drug-likeness (QED) is 0.758. The van der Waals surface area contributed by atoms with E-state index in [4.69, 9.17) is 0 Å². The Kier molecular flexibility index (Phi) is 5.14. The Labute approximate surface area is 85.2 Å². The van der Waals surface area contributed by atoms with Gasteiger partial charge in [-0.1, -0.05) is 27.4 Å². The predicted octanol–water partition coefficient (Wildman–Crippen LogP) is 3.40. The van der Waals surface area contributed by atoms with E-state index >= 15 is 0 Å². The first-order valence-corrected chi connectivity index (χ1v) is 5.24. The molecule has 0 saturated carbocycles. The molecule has 13 heavy (non-hydrogen) atoms. The van der Waals surface area contributed by atoms with E-state index in [9.17, 15) is 4.79 Å². The van der Waals surface area contributed by atoms with Crippen molar-refractivity contribution in [2.45, 2.75) is 34.1 Å². The van der Waals surface area contributed by atoms with E-state index in [1.54, 1.807) is 0 Å². The van der Waals surface area contributed by atoms with Gasteiger partial charge in [0.15, 0.2) is 0 Å². The van der Waals surface area contributed by atoms with E-state index in [0.29, 0.717) is 0 Å². The lowest BCUT2D eigenvalue weighted by Crippen LogP contribution is -2.23. The summed E-state index contributed by atoms with van der Waals surface area (Å²) in [5, 5.41) is 2.83. The van der Waals surface area contributed by atoms with Crippen LogP contribution in [0.3, 0.4) is 0 Å². The molecule has 0 unspecified atom stereocenters. The third kappa shape index (κ3) is 9.47. The third-order valence-corrected chi connectivity index (χ3v) is 2.09. The SMILES string of the molecule is C=C(C)SC(=O)NCCC(C)(C)C. The van der Waals surface area contributed by atoms with Crippen molar-refractivity contribution in [2.24, 2.45) is 5.41 Å². The molecule has 0 radical (unpaired) electrons. The molecule has 0 fully saturated rings. The Morgan fingerprint density at radius 2 is 2.00 bits per heavy atom. The molecule has 0 aliphatic carbocycles. The zero-order valence-corrected chi connectivity index (χ0v) is 9.75. The summed E-state index contributed by atoms with van der Waals surface area (Å²) in [6, 6.07) is 0. The van der Waals surface area contributed by atoms with Crippen LogP contribution >= 0.6 is 11.8 Å². The van der Waals surface area contributed by atoms with Crippen molar-refractivity contribution >= 4 is 17.0 Å². The van der Waals surface area contributed by atoms with Crippen molar-refractivity contribution in [1.82, 2.24) is 5.32 Å². The summed E-state index contributed by atoms with van der Waals surface area (Å²) in [5.41, 5.74) is 0.279. The van der Waals surface area contributed by atoms with Crippen LogP contribution in [0, 0.1) is 5.41 Å². The molecule has 1 amide bonds. The van der Waals surface area contributed by atoms with Crippen LogP contribution in [0.2, 0.25) is 0 Å². The molecule has 0 aromatic heterocycles. The van der Waals surface area contributed by atoms with Gasteiger partial charge in [-0.25, -0.2) is 0 Å². The number of thioether (sulfide) groups is 1. The van der Waals surface area contributed by atoms with Gasteiger partial charge in [-0.05, 0) is 35.4 Å². The Morgan fingerprint density at radius 1 is 1.46 bits per heavy atom. The van der Waals surface area contributed by atoms with E-state index in [1.807, 2.05) is 6.92 Å². The summed E-state index contributed by atoms with van der Waals surface area (Å²) in [7, 11) is 0. The first-order chi connectivity index (χ1) is 5.81. The molecule has 0 aromatic carbocycles. The number of nitrogens with one attached hydrogen (secondary N) is 1. The van der Waals surface area contributed by atoms with Crippen LogP contribution in [0.5, 0.6) is 0 Å². The first kappa shape index (κ1) is 12.6. The standard InChI is InChI=1S/C10H19NOS/c1-8(2)13-9(12)11-7-6-10(3,4)5/h1,6-7H2,2-5H3,(H,11,12). The van der Waals surface area contributed by atoms with Gasteiger partial charge in [0.1, 0.15) is 0 Å². The maximum atomic E-state index is 11.1. The summed E-state index contributed by atoms with van der Waals surface area (Å²) in [6.07, 6.45) is 0.996. The molecule has 0 aromatic rings. The molecule has 0 bridgehead atoms. The normalized spacial score (nSPS) is 11.1. The molecule has 3 heteroatoms. The van der Waals surface area contributed by atoms with Crippen LogP contribution in [0.1, 0.15) is 34.1 Å². The number of allylic oxidation sites excluding steroid dienone is 1. The van der Waals surface area contributed by atoms with Crippen molar-refractivity contribution in [3.63, 3.8) is 0 Å². The van der Waals surface area contributed by atoms with Gasteiger partial charge < -0.3 is 5.32 Å². The van der Waals surface area contributed by atoms with Crippen molar-refractivity contribution in [3.05, 3.63) is 11.5 Å². The molecule has 2 nitrogen and oxygen atoms in total. The molecule has 0 aliphatic heterocycles. The Bertz CT molecular complexity index is 194. The summed E-state index contributed by atoms with van der Waals surface area (Å²) in [5.74, 6) is 0. The molecular weight excluding hydrogens is 182 g/mol. The van der Waals surface area contributed by atoms with Crippen LogP contribution < -0.4 is 5.32 Å². The van der Waals surface area contributed by atoms with Gasteiger partial charge in [0.2, 0.25) is 0 Å². The minimum atomic E-state index is -0.00301. The lowest BCUT2D eigenvalue weighted by atomic mass is 9.92. The molecular formula is C10H19NOS. The van der Waals surface area contributed by atoms with Gasteiger partial charge in [0.05, 0.1) is 0 Å². The molecule has 0 heterocycles. The van der Waals surface area contributed by atoms with Crippen molar-refractivity contribution < 1.29 is 4.79 Å². The maximum Gasteiger partial charge on any atom is 0.283 e. The zero-order chi connectivity index (χ0) is 10.5. The van der Waals surface area contributed by atoms with Crippen molar-refractivity contribution in [1.29, 1.82) is 0 Å². The average Bonchev–Trinajstić information content (AvgIpc) is 1.81. The van der Waals surface area contributed by atoms with E-state index in [1.165, 1.54) is 0 Å². The fourth-order valence-corrected chi connectivity index (χ4v) is 1.22. The topological polar surface area (TPSA) is 29.1 Å². The number of amides is 1. The lowest BCUT2D eigenvalue weighted by Gasteiger charge is -2.17. The summed E-state index contributed by atoms with van der Waals surface area (Å²) in [4.78, 5) is 12.0.